The van der Waals surface area contributed by atoms with Crippen LogP contribution in [0.2, 0.25) is 10.0 Å². The molecule has 9 nitrogen and oxygen atoms in total. The van der Waals surface area contributed by atoms with Gasteiger partial charge in [-0.05, 0) is 78.4 Å². The Kier molecular flexibility index (Phi) is 8.42. The van der Waals surface area contributed by atoms with Crippen LogP contribution >= 0.6 is 23.2 Å². The van der Waals surface area contributed by atoms with Crippen molar-refractivity contribution in [2.75, 3.05) is 17.4 Å². The average molecular weight is 753 g/mol. The van der Waals surface area contributed by atoms with E-state index in [1.54, 1.807) is 60.7 Å². The second kappa shape index (κ2) is 12.9. The number of fused-ring (bicyclic) bond motifs is 4. The molecule has 8 rings (SSSR count). The molecule has 0 aromatic heterocycles. The summed E-state index contributed by atoms with van der Waals surface area (Å²) in [5.74, 6) is -7.80. The van der Waals surface area contributed by atoms with Gasteiger partial charge in [-0.25, -0.2) is 4.39 Å². The van der Waals surface area contributed by atoms with Crippen molar-refractivity contribution < 1.29 is 33.4 Å². The largest absolute Gasteiger partial charge is 0.505 e. The van der Waals surface area contributed by atoms with E-state index in [2.05, 4.69) is 12.0 Å². The standard InChI is InChI=1S/C41H32Cl2FN3O6/c1-3-21-7-12-24(13-8-21)46-37(49)27-17-16-26-29(34(27)39(46)51)20-30-38(50)47(45-33-18-11-23(42)19-31(33)43)40(52)41(30,22-9-14-25(53-2)15-10-22)35(26)28-5-4-6-32(44)36(28)48/h3-16,18-19,27,29-30,34-35,45,48H,1,17,20H2,2H3. The molecule has 4 aromatic rings. The van der Waals surface area contributed by atoms with Crippen molar-refractivity contribution in [3.63, 3.8) is 0 Å². The molecule has 268 valence electrons. The summed E-state index contributed by atoms with van der Waals surface area (Å²) in [5, 5.41) is 12.8. The Balaban J connectivity index is 1.33. The first-order chi connectivity index (χ1) is 25.5. The zero-order valence-corrected chi connectivity index (χ0v) is 29.8. The quantitative estimate of drug-likeness (QED) is 0.147. The van der Waals surface area contributed by atoms with Gasteiger partial charge in [-0.3, -0.25) is 29.5 Å². The highest BCUT2D eigenvalue weighted by molar-refractivity contribution is 6.36. The molecular weight excluding hydrogens is 720 g/mol. The van der Waals surface area contributed by atoms with Gasteiger partial charge in [0.15, 0.2) is 11.6 Å². The Labute approximate surface area is 314 Å². The maximum absolute atomic E-state index is 15.4. The second-order valence-corrected chi connectivity index (χ2v) is 14.5. The van der Waals surface area contributed by atoms with E-state index in [0.29, 0.717) is 27.6 Å². The van der Waals surface area contributed by atoms with Crippen LogP contribution in [-0.4, -0.2) is 40.9 Å². The number of hydrazine groups is 1. The zero-order valence-electron chi connectivity index (χ0n) is 28.3. The molecule has 2 aliphatic heterocycles. The minimum Gasteiger partial charge on any atom is -0.505 e. The molecule has 0 spiro atoms. The van der Waals surface area contributed by atoms with Crippen LogP contribution in [0.5, 0.6) is 11.5 Å². The van der Waals surface area contributed by atoms with Crippen molar-refractivity contribution in [1.29, 1.82) is 0 Å². The molecule has 0 radical (unpaired) electrons. The van der Waals surface area contributed by atoms with E-state index >= 15 is 9.18 Å². The first kappa shape index (κ1) is 34.6. The van der Waals surface area contributed by atoms with Crippen molar-refractivity contribution in [3.8, 4) is 11.5 Å². The number of phenolic OH excluding ortho intramolecular Hbond substituents is 1. The fraction of sp³-hybridized carbons (Fsp3) is 0.220. The molecule has 6 atom stereocenters. The number of carbonyl (C=O) groups excluding carboxylic acids is 4. The van der Waals surface area contributed by atoms with E-state index in [-0.39, 0.29) is 35.0 Å². The lowest BCUT2D eigenvalue weighted by atomic mass is 9.49. The van der Waals surface area contributed by atoms with Crippen molar-refractivity contribution in [3.05, 3.63) is 136 Å². The lowest BCUT2D eigenvalue weighted by Gasteiger charge is -2.50. The van der Waals surface area contributed by atoms with E-state index in [4.69, 9.17) is 27.9 Å². The predicted molar refractivity (Wildman–Crippen MR) is 198 cm³/mol. The molecule has 4 aliphatic rings. The first-order valence-electron chi connectivity index (χ1n) is 17.0. The molecular formula is C41H32Cl2FN3O6. The third kappa shape index (κ3) is 5.10. The van der Waals surface area contributed by atoms with Gasteiger partial charge < -0.3 is 9.84 Å². The number of methoxy groups -OCH3 is 1. The van der Waals surface area contributed by atoms with Crippen LogP contribution < -0.4 is 15.1 Å². The smallest absolute Gasteiger partial charge is 0.260 e. The SMILES string of the molecule is C=Cc1ccc(N2C(=O)C3CC=C4C(CC5C(=O)N(Nc6ccc(Cl)cc6Cl)C(=O)C5(c5ccc(OC)cc5)C4c4cccc(F)c4O)C3C2=O)cc1. The van der Waals surface area contributed by atoms with Crippen LogP contribution in [0.3, 0.4) is 0 Å². The lowest BCUT2D eigenvalue weighted by molar-refractivity contribution is -0.138. The van der Waals surface area contributed by atoms with E-state index in [1.807, 2.05) is 6.08 Å². The predicted octanol–water partition coefficient (Wildman–Crippen LogP) is 7.68. The number of hydrogen-bond acceptors (Lipinski definition) is 7. The van der Waals surface area contributed by atoms with Crippen LogP contribution in [0.4, 0.5) is 15.8 Å². The Morgan fingerprint density at radius 1 is 0.943 bits per heavy atom. The molecule has 53 heavy (non-hydrogen) atoms. The van der Waals surface area contributed by atoms with E-state index in [9.17, 15) is 19.5 Å². The number of hydrogen-bond donors (Lipinski definition) is 2. The minimum atomic E-state index is -1.75. The van der Waals surface area contributed by atoms with Crippen LogP contribution in [0.15, 0.2) is 103 Å². The molecule has 2 N–H and O–H groups in total. The maximum Gasteiger partial charge on any atom is 0.260 e. The average Bonchev–Trinajstić information content (AvgIpc) is 3.54. The Bertz CT molecular complexity index is 2260. The second-order valence-electron chi connectivity index (χ2n) is 13.7. The molecule has 4 amide bonds. The minimum absolute atomic E-state index is 0.00493. The summed E-state index contributed by atoms with van der Waals surface area (Å²) >= 11 is 12.6. The van der Waals surface area contributed by atoms with E-state index < -0.39 is 64.3 Å². The topological polar surface area (TPSA) is 116 Å². The number of anilines is 2. The molecule has 2 aliphatic carbocycles. The van der Waals surface area contributed by atoms with Gasteiger partial charge in [0.1, 0.15) is 5.75 Å². The Morgan fingerprint density at radius 3 is 2.36 bits per heavy atom. The third-order valence-electron chi connectivity index (χ3n) is 11.3. The number of ether oxygens (including phenoxy) is 1. The first-order valence-corrected chi connectivity index (χ1v) is 17.8. The number of allylic oxidation sites excluding steroid dienone is 2. The van der Waals surface area contributed by atoms with Gasteiger partial charge in [-0.15, -0.1) is 0 Å². The highest BCUT2D eigenvalue weighted by Crippen LogP contribution is 2.65. The number of halogens is 3. The van der Waals surface area contributed by atoms with Crippen molar-refractivity contribution in [2.24, 2.45) is 23.7 Å². The highest BCUT2D eigenvalue weighted by Gasteiger charge is 2.70. The fourth-order valence-electron chi connectivity index (χ4n) is 8.97. The molecule has 12 heteroatoms. The molecule has 2 saturated heterocycles. The summed E-state index contributed by atoms with van der Waals surface area (Å²) in [5.41, 5.74) is 3.68. The number of para-hydroxylation sites is 1. The van der Waals surface area contributed by atoms with Gasteiger partial charge in [0, 0.05) is 16.5 Å². The number of nitrogens with one attached hydrogen (secondary N) is 1. The summed E-state index contributed by atoms with van der Waals surface area (Å²) in [6, 6.07) is 22.2. The van der Waals surface area contributed by atoms with Crippen LogP contribution in [-0.2, 0) is 24.6 Å². The summed E-state index contributed by atoms with van der Waals surface area (Å²) in [7, 11) is 1.50. The summed E-state index contributed by atoms with van der Waals surface area (Å²) in [6.45, 7) is 3.77. The lowest BCUT2D eigenvalue weighted by Crippen LogP contribution is -2.53. The number of benzene rings is 4. The van der Waals surface area contributed by atoms with Gasteiger partial charge in [-0.1, -0.05) is 83.9 Å². The summed E-state index contributed by atoms with van der Waals surface area (Å²) in [4.78, 5) is 59.8. The molecule has 4 aromatic carbocycles. The van der Waals surface area contributed by atoms with E-state index in [1.165, 1.54) is 36.3 Å². The van der Waals surface area contributed by atoms with Crippen molar-refractivity contribution >= 4 is 64.3 Å². The van der Waals surface area contributed by atoms with Gasteiger partial charge in [0.2, 0.25) is 11.8 Å². The number of imide groups is 2. The molecule has 2 heterocycles. The molecule has 1 saturated carbocycles. The van der Waals surface area contributed by atoms with Crippen molar-refractivity contribution in [1.82, 2.24) is 5.01 Å². The fourth-order valence-corrected chi connectivity index (χ4v) is 9.42. The highest BCUT2D eigenvalue weighted by atomic mass is 35.5. The summed E-state index contributed by atoms with van der Waals surface area (Å²) < 4.78 is 20.8. The number of carbonyl (C=O) groups is 4. The van der Waals surface area contributed by atoms with Gasteiger partial charge in [0.05, 0.1) is 46.7 Å². The molecule has 6 unspecified atom stereocenters. The van der Waals surface area contributed by atoms with Crippen molar-refractivity contribution in [2.45, 2.75) is 24.2 Å². The van der Waals surface area contributed by atoms with Gasteiger partial charge in [-0.2, -0.15) is 5.01 Å². The van der Waals surface area contributed by atoms with Crippen LogP contribution in [0.1, 0.15) is 35.4 Å². The number of aromatic hydroxyl groups is 1. The zero-order chi connectivity index (χ0) is 37.3. The van der Waals surface area contributed by atoms with Crippen LogP contribution in [0, 0.1) is 29.5 Å². The van der Waals surface area contributed by atoms with Crippen LogP contribution in [0.25, 0.3) is 6.08 Å². The molecule has 0 bridgehead atoms. The summed E-state index contributed by atoms with van der Waals surface area (Å²) in [6.07, 6.45) is 3.65. The number of phenols is 1. The monoisotopic (exact) mass is 751 g/mol. The maximum atomic E-state index is 15.4. The van der Waals surface area contributed by atoms with Gasteiger partial charge >= 0.3 is 0 Å². The third-order valence-corrected chi connectivity index (χ3v) is 11.8. The van der Waals surface area contributed by atoms with E-state index in [0.717, 1.165) is 16.6 Å². The molecule has 3 fully saturated rings. The Morgan fingerprint density at radius 2 is 1.68 bits per heavy atom. The van der Waals surface area contributed by atoms with Gasteiger partial charge in [0.25, 0.3) is 11.8 Å². The number of rotatable bonds is 7. The normalized spacial score (nSPS) is 26.2. The number of amides is 4. The Hall–Kier alpha value is -5.45. The number of nitrogens with zero attached hydrogens (tertiary/aromatic N) is 2.